The number of ether oxygens (including phenoxy) is 4. The highest BCUT2D eigenvalue weighted by molar-refractivity contribution is 7.47. The summed E-state index contributed by atoms with van der Waals surface area (Å²) in [6.45, 7) is 9.72. The van der Waals surface area contributed by atoms with Gasteiger partial charge in [0.15, 0.2) is 12.2 Å². The molecule has 3 unspecified atom stereocenters. The molecule has 0 aliphatic carbocycles. The van der Waals surface area contributed by atoms with Crippen molar-refractivity contribution in [3.63, 3.8) is 0 Å². The molecule has 0 aliphatic heterocycles. The van der Waals surface area contributed by atoms with Crippen molar-refractivity contribution < 1.29 is 80.2 Å². The van der Waals surface area contributed by atoms with E-state index in [1.165, 1.54) is 283 Å². The minimum absolute atomic E-state index is 0.106. The summed E-state index contributed by atoms with van der Waals surface area (Å²) in [6, 6.07) is 0. The van der Waals surface area contributed by atoms with Crippen LogP contribution in [0.1, 0.15) is 465 Å². The maximum atomic E-state index is 13.2. The molecule has 0 radical (unpaired) electrons. The second-order valence-corrected chi connectivity index (χ2v) is 34.9. The van der Waals surface area contributed by atoms with Crippen molar-refractivity contribution in [3.8, 4) is 0 Å². The highest BCUT2D eigenvalue weighted by Gasteiger charge is 2.30. The third-order valence-corrected chi connectivity index (χ3v) is 22.7. The molecule has 3 N–H and O–H groups in total. The summed E-state index contributed by atoms with van der Waals surface area (Å²) in [5.74, 6) is -0.480. The topological polar surface area (TPSA) is 237 Å². The van der Waals surface area contributed by atoms with E-state index in [0.29, 0.717) is 25.7 Å². The Bertz CT molecular complexity index is 2030. The van der Waals surface area contributed by atoms with Crippen LogP contribution in [0.4, 0.5) is 0 Å². The largest absolute Gasteiger partial charge is 0.472 e. The van der Waals surface area contributed by atoms with Gasteiger partial charge in [-0.05, 0) is 37.5 Å². The Morgan fingerprint density at radius 3 is 0.717 bits per heavy atom. The van der Waals surface area contributed by atoms with Crippen LogP contribution < -0.4 is 0 Å². The average Bonchev–Trinajstić information content (AvgIpc) is 0.903. The Morgan fingerprint density at radius 1 is 0.274 bits per heavy atom. The molecule has 6 atom stereocenters. The minimum Gasteiger partial charge on any atom is -0.462 e. The smallest absolute Gasteiger partial charge is 0.462 e. The summed E-state index contributed by atoms with van der Waals surface area (Å²) >= 11 is 0. The number of unbranched alkanes of at least 4 members (excludes halogenated alkanes) is 55. The standard InChI is InChI=1S/C87H170O17P2/c1-7-10-12-14-16-18-20-21-22-23-24-25-26-30-33-36-39-46-52-58-64-70-85(90)98-76-83(103-86(91)71-65-59-53-47-40-37-34-31-28-27-29-32-35-38-44-50-56-62-68-80(6)9-3)78-102-106(95,96)100-74-81(88)73-99-105(93,94)101-77-82(75-97-84(89)69-63-57-51-45-19-17-15-13-11-8-2)104-87(92)72-66-60-54-48-42-41-43-49-55-61-67-79(4)5/h79-83,88H,7-78H2,1-6H3,(H,93,94)(H,95,96)/t80?,81-,82+,83+/m0/s1. The quantitative estimate of drug-likeness (QED) is 0.0222. The third-order valence-electron chi connectivity index (χ3n) is 20.8. The molecule has 0 saturated carbocycles. The minimum atomic E-state index is -4.97. The molecule has 0 aromatic rings. The molecule has 0 aromatic carbocycles. The Balaban J connectivity index is 5.20. The lowest BCUT2D eigenvalue weighted by Gasteiger charge is -2.21. The molecule has 630 valence electrons. The van der Waals surface area contributed by atoms with E-state index in [2.05, 4.69) is 41.5 Å². The molecule has 0 fully saturated rings. The van der Waals surface area contributed by atoms with Gasteiger partial charge in [0, 0.05) is 25.7 Å². The van der Waals surface area contributed by atoms with Crippen LogP contribution in [0.15, 0.2) is 0 Å². The number of phosphoric acid groups is 2. The fraction of sp³-hybridized carbons (Fsp3) is 0.954. The summed E-state index contributed by atoms with van der Waals surface area (Å²) in [6.07, 6.45) is 70.9. The molecule has 0 aromatic heterocycles. The van der Waals surface area contributed by atoms with E-state index in [1.54, 1.807) is 0 Å². The molecular formula is C87H170O17P2. The molecule has 19 heteroatoms. The van der Waals surface area contributed by atoms with Crippen molar-refractivity contribution in [1.29, 1.82) is 0 Å². The van der Waals surface area contributed by atoms with Crippen LogP contribution in [0.3, 0.4) is 0 Å². The van der Waals surface area contributed by atoms with Gasteiger partial charge in [-0.1, -0.05) is 414 Å². The van der Waals surface area contributed by atoms with Crippen LogP contribution >= 0.6 is 15.6 Å². The normalized spacial score (nSPS) is 14.1. The fourth-order valence-corrected chi connectivity index (χ4v) is 15.1. The average molecular weight is 1550 g/mol. The molecule has 0 spiro atoms. The van der Waals surface area contributed by atoms with Crippen molar-refractivity contribution in [1.82, 2.24) is 0 Å². The number of hydrogen-bond donors (Lipinski definition) is 3. The van der Waals surface area contributed by atoms with Gasteiger partial charge < -0.3 is 33.8 Å². The lowest BCUT2D eigenvalue weighted by Crippen LogP contribution is -2.30. The van der Waals surface area contributed by atoms with Crippen molar-refractivity contribution in [2.24, 2.45) is 11.8 Å². The SMILES string of the molecule is CCCCCCCCCCCCCCCCCCCCCCCC(=O)OC[C@H](COP(=O)(O)OC[C@@H](O)COP(=O)(O)OC[C@@H](COC(=O)CCCCCCCCCCCC)OC(=O)CCCCCCCCCCCCC(C)C)OC(=O)CCCCCCCCCCCCCCCCCCCCC(C)CC. The van der Waals surface area contributed by atoms with Gasteiger partial charge in [0.25, 0.3) is 0 Å². The second-order valence-electron chi connectivity index (χ2n) is 32.0. The molecule has 17 nitrogen and oxygen atoms in total. The predicted molar refractivity (Wildman–Crippen MR) is 437 cm³/mol. The number of carbonyl (C=O) groups is 4. The van der Waals surface area contributed by atoms with E-state index in [4.69, 9.17) is 37.0 Å². The zero-order valence-corrected chi connectivity index (χ0v) is 71.5. The van der Waals surface area contributed by atoms with Crippen LogP contribution in [0.5, 0.6) is 0 Å². The van der Waals surface area contributed by atoms with Crippen molar-refractivity contribution >= 4 is 39.5 Å². The van der Waals surface area contributed by atoms with Crippen LogP contribution in [-0.4, -0.2) is 96.7 Å². The second kappa shape index (κ2) is 78.3. The van der Waals surface area contributed by atoms with Gasteiger partial charge in [0.05, 0.1) is 26.4 Å². The Morgan fingerprint density at radius 2 is 0.481 bits per heavy atom. The molecule has 0 heterocycles. The summed E-state index contributed by atoms with van der Waals surface area (Å²) in [5, 5.41) is 10.7. The monoisotopic (exact) mass is 1550 g/mol. The zero-order chi connectivity index (χ0) is 77.8. The molecule has 106 heavy (non-hydrogen) atoms. The van der Waals surface area contributed by atoms with E-state index in [0.717, 1.165) is 102 Å². The fourth-order valence-electron chi connectivity index (χ4n) is 13.6. The van der Waals surface area contributed by atoms with Gasteiger partial charge in [0.2, 0.25) is 0 Å². The van der Waals surface area contributed by atoms with E-state index in [1.807, 2.05) is 0 Å². The highest BCUT2D eigenvalue weighted by atomic mass is 31.2. The predicted octanol–water partition coefficient (Wildman–Crippen LogP) is 26.6. The summed E-state index contributed by atoms with van der Waals surface area (Å²) in [4.78, 5) is 73.2. The molecule has 0 amide bonds. The molecular weight excluding hydrogens is 1380 g/mol. The first-order valence-corrected chi connectivity index (χ1v) is 48.0. The summed E-state index contributed by atoms with van der Waals surface area (Å²) in [5.41, 5.74) is 0. The van der Waals surface area contributed by atoms with Gasteiger partial charge in [-0.25, -0.2) is 9.13 Å². The van der Waals surface area contributed by atoms with Crippen LogP contribution in [0.25, 0.3) is 0 Å². The Kier molecular flexibility index (Phi) is 76.9. The summed E-state index contributed by atoms with van der Waals surface area (Å²) in [7, 11) is -9.93. The van der Waals surface area contributed by atoms with Crippen LogP contribution in [-0.2, 0) is 65.4 Å². The van der Waals surface area contributed by atoms with E-state index < -0.39 is 97.5 Å². The Labute approximate surface area is 651 Å². The Hall–Kier alpha value is -1.94. The first kappa shape index (κ1) is 104. The van der Waals surface area contributed by atoms with Gasteiger partial charge in [0.1, 0.15) is 19.3 Å². The number of carbonyl (C=O) groups excluding carboxylic acids is 4. The maximum absolute atomic E-state index is 13.2. The number of aliphatic hydroxyl groups is 1. The van der Waals surface area contributed by atoms with E-state index in [-0.39, 0.29) is 25.7 Å². The highest BCUT2D eigenvalue weighted by Crippen LogP contribution is 2.45. The number of phosphoric ester groups is 2. The number of rotatable bonds is 86. The van der Waals surface area contributed by atoms with E-state index in [9.17, 15) is 43.2 Å². The van der Waals surface area contributed by atoms with Crippen molar-refractivity contribution in [2.75, 3.05) is 39.6 Å². The van der Waals surface area contributed by atoms with Gasteiger partial charge in [-0.3, -0.25) is 37.3 Å². The molecule has 0 aliphatic rings. The number of hydrogen-bond acceptors (Lipinski definition) is 15. The number of esters is 4. The number of aliphatic hydroxyl groups excluding tert-OH is 1. The summed E-state index contributed by atoms with van der Waals surface area (Å²) < 4.78 is 68.9. The van der Waals surface area contributed by atoms with E-state index >= 15 is 0 Å². The molecule has 0 rings (SSSR count). The first-order chi connectivity index (χ1) is 51.4. The lowest BCUT2D eigenvalue weighted by molar-refractivity contribution is -0.161. The zero-order valence-electron chi connectivity index (χ0n) is 69.7. The lowest BCUT2D eigenvalue weighted by atomic mass is 9.99. The van der Waals surface area contributed by atoms with Gasteiger partial charge in [-0.15, -0.1) is 0 Å². The van der Waals surface area contributed by atoms with Crippen LogP contribution in [0, 0.1) is 11.8 Å². The first-order valence-electron chi connectivity index (χ1n) is 45.0. The molecule has 0 bridgehead atoms. The van der Waals surface area contributed by atoms with Crippen LogP contribution in [0.2, 0.25) is 0 Å². The maximum Gasteiger partial charge on any atom is 0.472 e. The molecule has 0 saturated heterocycles. The van der Waals surface area contributed by atoms with Crippen molar-refractivity contribution in [3.05, 3.63) is 0 Å². The van der Waals surface area contributed by atoms with Gasteiger partial charge >= 0.3 is 39.5 Å². The third kappa shape index (κ3) is 78.7. The van der Waals surface area contributed by atoms with Gasteiger partial charge in [-0.2, -0.15) is 0 Å². The van der Waals surface area contributed by atoms with Crippen molar-refractivity contribution in [2.45, 2.75) is 484 Å².